The molecule has 0 fully saturated rings. The van der Waals surface area contributed by atoms with Crippen molar-refractivity contribution in [3.05, 3.63) is 59.2 Å². The Labute approximate surface area is 145 Å². The maximum Gasteiger partial charge on any atom is 0.251 e. The van der Waals surface area contributed by atoms with Crippen LogP contribution in [0.25, 0.3) is 0 Å². The summed E-state index contributed by atoms with van der Waals surface area (Å²) in [5.41, 5.74) is 4.08. The van der Waals surface area contributed by atoms with Gasteiger partial charge in [-0.1, -0.05) is 35.9 Å². The summed E-state index contributed by atoms with van der Waals surface area (Å²) in [7, 11) is 0. The van der Waals surface area contributed by atoms with Gasteiger partial charge in [-0.2, -0.15) is 0 Å². The molecule has 3 rings (SSSR count). The first kappa shape index (κ1) is 16.7. The number of hydrogen-bond donors (Lipinski definition) is 3. The summed E-state index contributed by atoms with van der Waals surface area (Å²) in [6, 6.07) is 12.0. The highest BCUT2D eigenvalue weighted by molar-refractivity contribution is 6.08. The van der Waals surface area contributed by atoms with Crippen molar-refractivity contribution in [2.45, 2.75) is 26.3 Å². The summed E-state index contributed by atoms with van der Waals surface area (Å²) in [4.78, 5) is 36.2. The molecule has 0 radical (unpaired) electrons. The topological polar surface area (TPSA) is 87.3 Å². The lowest BCUT2D eigenvalue weighted by Crippen LogP contribution is -2.35. The van der Waals surface area contributed by atoms with E-state index < -0.39 is 17.9 Å². The van der Waals surface area contributed by atoms with Gasteiger partial charge in [0.1, 0.15) is 12.5 Å². The molecule has 0 spiro atoms. The molecular formula is C19H19N3O3. The Kier molecular flexibility index (Phi) is 4.52. The fourth-order valence-corrected chi connectivity index (χ4v) is 2.78. The van der Waals surface area contributed by atoms with Crippen LogP contribution >= 0.6 is 0 Å². The number of amides is 3. The number of para-hydroxylation sites is 1. The number of rotatable bonds is 4. The first-order valence-corrected chi connectivity index (χ1v) is 8.00. The monoisotopic (exact) mass is 337 g/mol. The number of fused-ring (bicyclic) bond motifs is 1. The van der Waals surface area contributed by atoms with Crippen LogP contribution in [-0.4, -0.2) is 17.7 Å². The fourth-order valence-electron chi connectivity index (χ4n) is 2.78. The van der Waals surface area contributed by atoms with Gasteiger partial charge in [0, 0.05) is 16.9 Å². The summed E-state index contributed by atoms with van der Waals surface area (Å²) < 4.78 is 0. The lowest BCUT2D eigenvalue weighted by atomic mass is 10.1. The van der Waals surface area contributed by atoms with Crippen LogP contribution in [0.15, 0.2) is 42.5 Å². The number of benzene rings is 2. The smallest absolute Gasteiger partial charge is 0.251 e. The number of hydrogen-bond acceptors (Lipinski definition) is 3. The van der Waals surface area contributed by atoms with Crippen molar-refractivity contribution in [1.29, 1.82) is 0 Å². The molecule has 0 saturated heterocycles. The summed E-state index contributed by atoms with van der Waals surface area (Å²) in [6.07, 6.45) is -0.348. The van der Waals surface area contributed by atoms with Crippen LogP contribution in [0.4, 0.5) is 11.4 Å². The van der Waals surface area contributed by atoms with E-state index in [9.17, 15) is 14.4 Å². The van der Waals surface area contributed by atoms with Crippen LogP contribution in [0, 0.1) is 13.8 Å². The van der Waals surface area contributed by atoms with Gasteiger partial charge in [0.05, 0.1) is 0 Å². The lowest BCUT2D eigenvalue weighted by Gasteiger charge is -2.12. The number of aryl methyl sites for hydroxylation is 2. The van der Waals surface area contributed by atoms with Crippen LogP contribution in [-0.2, 0) is 14.4 Å². The van der Waals surface area contributed by atoms with E-state index in [1.807, 2.05) is 38.1 Å². The van der Waals surface area contributed by atoms with Crippen LogP contribution in [0.2, 0.25) is 0 Å². The third kappa shape index (κ3) is 3.68. The second kappa shape index (κ2) is 6.76. The minimum atomic E-state index is -0.769. The molecule has 0 aliphatic carbocycles. The van der Waals surface area contributed by atoms with Gasteiger partial charge in [0.25, 0.3) is 5.91 Å². The zero-order valence-corrected chi connectivity index (χ0v) is 14.1. The highest BCUT2D eigenvalue weighted by atomic mass is 16.2. The van der Waals surface area contributed by atoms with Crippen LogP contribution in [0.3, 0.4) is 0 Å². The normalized spacial score (nSPS) is 15.3. The van der Waals surface area contributed by atoms with Crippen molar-refractivity contribution < 1.29 is 14.4 Å². The van der Waals surface area contributed by atoms with Gasteiger partial charge in [-0.05, 0) is 31.5 Å². The Morgan fingerprint density at radius 3 is 2.48 bits per heavy atom. The van der Waals surface area contributed by atoms with E-state index in [1.54, 1.807) is 18.2 Å². The van der Waals surface area contributed by atoms with Gasteiger partial charge in [0.15, 0.2) is 0 Å². The van der Waals surface area contributed by atoms with Crippen molar-refractivity contribution in [2.24, 2.45) is 0 Å². The van der Waals surface area contributed by atoms with E-state index in [0.717, 1.165) is 22.4 Å². The third-order valence-corrected chi connectivity index (χ3v) is 4.09. The summed E-state index contributed by atoms with van der Waals surface area (Å²) >= 11 is 0. The molecule has 0 saturated carbocycles. The third-order valence-electron chi connectivity index (χ3n) is 4.09. The molecule has 25 heavy (non-hydrogen) atoms. The molecule has 6 heteroatoms. The number of anilines is 2. The van der Waals surface area contributed by atoms with E-state index in [0.29, 0.717) is 5.69 Å². The summed E-state index contributed by atoms with van der Waals surface area (Å²) in [5.74, 6) is -1.22. The van der Waals surface area contributed by atoms with Crippen molar-refractivity contribution in [2.75, 3.05) is 10.6 Å². The SMILES string of the molecule is Cc1ccc(NC(=O)CC(=O)NC2C(=O)Nc3c(C)cccc32)cc1. The molecule has 1 unspecified atom stereocenters. The van der Waals surface area contributed by atoms with E-state index >= 15 is 0 Å². The average molecular weight is 337 g/mol. The Hall–Kier alpha value is -3.15. The first-order chi connectivity index (χ1) is 11.9. The van der Waals surface area contributed by atoms with Crippen molar-refractivity contribution in [1.82, 2.24) is 5.32 Å². The van der Waals surface area contributed by atoms with Gasteiger partial charge in [-0.25, -0.2) is 0 Å². The molecule has 1 heterocycles. The second-order valence-corrected chi connectivity index (χ2v) is 6.12. The lowest BCUT2D eigenvalue weighted by molar-refractivity contribution is -0.129. The Morgan fingerprint density at radius 1 is 1.04 bits per heavy atom. The zero-order chi connectivity index (χ0) is 18.0. The quantitative estimate of drug-likeness (QED) is 0.749. The largest absolute Gasteiger partial charge is 0.340 e. The van der Waals surface area contributed by atoms with Gasteiger partial charge in [-0.3, -0.25) is 14.4 Å². The summed E-state index contributed by atoms with van der Waals surface area (Å²) in [6.45, 7) is 3.84. The Morgan fingerprint density at radius 2 is 1.76 bits per heavy atom. The molecule has 128 valence electrons. The standard InChI is InChI=1S/C19H19N3O3/c1-11-6-8-13(9-7-11)20-15(23)10-16(24)21-18-14-5-3-4-12(2)17(14)22-19(18)25/h3-9,18H,10H2,1-2H3,(H,20,23)(H,21,24)(H,22,25). The van der Waals surface area contributed by atoms with Crippen LogP contribution in [0.5, 0.6) is 0 Å². The van der Waals surface area contributed by atoms with Gasteiger partial charge in [-0.15, -0.1) is 0 Å². The summed E-state index contributed by atoms with van der Waals surface area (Å²) in [5, 5.41) is 8.06. The molecule has 6 nitrogen and oxygen atoms in total. The van der Waals surface area contributed by atoms with Crippen molar-refractivity contribution >= 4 is 29.1 Å². The minimum absolute atomic E-state index is 0.295. The zero-order valence-electron chi connectivity index (χ0n) is 14.1. The van der Waals surface area contributed by atoms with E-state index in [-0.39, 0.29) is 12.3 Å². The van der Waals surface area contributed by atoms with E-state index in [2.05, 4.69) is 16.0 Å². The predicted octanol–water partition coefficient (Wildman–Crippen LogP) is 2.44. The first-order valence-electron chi connectivity index (χ1n) is 8.00. The molecule has 1 aliphatic rings. The number of nitrogens with one attached hydrogen (secondary N) is 3. The van der Waals surface area contributed by atoms with Crippen LogP contribution in [0.1, 0.15) is 29.2 Å². The predicted molar refractivity (Wildman–Crippen MR) is 95.1 cm³/mol. The maximum atomic E-state index is 12.1. The van der Waals surface area contributed by atoms with E-state index in [4.69, 9.17) is 0 Å². The Bertz CT molecular complexity index is 843. The highest BCUT2D eigenvalue weighted by Crippen LogP contribution is 2.33. The van der Waals surface area contributed by atoms with Gasteiger partial charge >= 0.3 is 0 Å². The van der Waals surface area contributed by atoms with Crippen molar-refractivity contribution in [3.63, 3.8) is 0 Å². The molecule has 0 bridgehead atoms. The molecule has 2 aromatic rings. The fraction of sp³-hybridized carbons (Fsp3) is 0.211. The Balaban J connectivity index is 1.61. The second-order valence-electron chi connectivity index (χ2n) is 6.12. The molecule has 3 amide bonds. The highest BCUT2D eigenvalue weighted by Gasteiger charge is 2.32. The maximum absolute atomic E-state index is 12.1. The molecule has 2 aromatic carbocycles. The van der Waals surface area contributed by atoms with Crippen LogP contribution < -0.4 is 16.0 Å². The molecule has 0 aromatic heterocycles. The van der Waals surface area contributed by atoms with Gasteiger partial charge < -0.3 is 16.0 Å². The number of carbonyl (C=O) groups is 3. The number of carbonyl (C=O) groups excluding carboxylic acids is 3. The minimum Gasteiger partial charge on any atom is -0.340 e. The molecule has 3 N–H and O–H groups in total. The molecule has 1 aliphatic heterocycles. The molecule has 1 atom stereocenters. The van der Waals surface area contributed by atoms with Gasteiger partial charge in [0.2, 0.25) is 11.8 Å². The average Bonchev–Trinajstić information content (AvgIpc) is 2.87. The van der Waals surface area contributed by atoms with E-state index in [1.165, 1.54) is 0 Å². The molecular weight excluding hydrogens is 318 g/mol. The van der Waals surface area contributed by atoms with Crippen molar-refractivity contribution in [3.8, 4) is 0 Å².